The van der Waals surface area contributed by atoms with Crippen LogP contribution in [0.1, 0.15) is 31.4 Å². The minimum Gasteiger partial charge on any atom is -0.390 e. The van der Waals surface area contributed by atoms with Crippen molar-refractivity contribution in [2.75, 3.05) is 6.54 Å². The van der Waals surface area contributed by atoms with Crippen LogP contribution >= 0.6 is 23.2 Å². The molecule has 0 bridgehead atoms. The standard InChI is InChI=1S/C21H23Cl2N3O2/c1-14(2)24-21(27)26(12-15-4-3-5-18(23)10-15)13-19-11-20(25-28-19)16-6-8-17(22)9-7-16/h3-10,14,19H,11-13H2,1-2H3,(H,24,27)/t19-/m0/s1. The number of benzene rings is 2. The molecular formula is C21H23Cl2N3O2. The predicted molar refractivity (Wildman–Crippen MR) is 113 cm³/mol. The van der Waals surface area contributed by atoms with Gasteiger partial charge >= 0.3 is 6.03 Å². The topological polar surface area (TPSA) is 53.9 Å². The Morgan fingerprint density at radius 2 is 1.96 bits per heavy atom. The van der Waals surface area contributed by atoms with Crippen molar-refractivity contribution in [3.8, 4) is 0 Å². The highest BCUT2D eigenvalue weighted by molar-refractivity contribution is 6.31. The fraction of sp³-hybridized carbons (Fsp3) is 0.333. The molecular weight excluding hydrogens is 397 g/mol. The molecule has 28 heavy (non-hydrogen) atoms. The molecule has 1 aliphatic heterocycles. The third-order valence-electron chi connectivity index (χ3n) is 4.30. The number of hydrogen-bond acceptors (Lipinski definition) is 3. The van der Waals surface area contributed by atoms with Crippen molar-refractivity contribution in [3.63, 3.8) is 0 Å². The lowest BCUT2D eigenvalue weighted by atomic mass is 10.0. The summed E-state index contributed by atoms with van der Waals surface area (Å²) in [7, 11) is 0. The van der Waals surface area contributed by atoms with Crippen LogP contribution in [0.15, 0.2) is 53.7 Å². The van der Waals surface area contributed by atoms with Crippen LogP contribution in [0.2, 0.25) is 10.0 Å². The van der Waals surface area contributed by atoms with Crippen molar-refractivity contribution in [2.45, 2.75) is 39.0 Å². The van der Waals surface area contributed by atoms with Gasteiger partial charge in [-0.25, -0.2) is 4.79 Å². The highest BCUT2D eigenvalue weighted by atomic mass is 35.5. The van der Waals surface area contributed by atoms with E-state index in [0.717, 1.165) is 16.8 Å². The second kappa shape index (κ2) is 9.30. The van der Waals surface area contributed by atoms with Gasteiger partial charge in [0.25, 0.3) is 0 Å². The van der Waals surface area contributed by atoms with Crippen LogP contribution in [0.25, 0.3) is 0 Å². The first-order valence-electron chi connectivity index (χ1n) is 9.19. The van der Waals surface area contributed by atoms with Crippen LogP contribution in [0, 0.1) is 0 Å². The average molecular weight is 420 g/mol. The monoisotopic (exact) mass is 419 g/mol. The minimum atomic E-state index is -0.206. The van der Waals surface area contributed by atoms with E-state index in [-0.39, 0.29) is 18.2 Å². The first-order valence-corrected chi connectivity index (χ1v) is 9.95. The Balaban J connectivity index is 1.67. The smallest absolute Gasteiger partial charge is 0.318 e. The van der Waals surface area contributed by atoms with E-state index in [1.807, 2.05) is 62.4 Å². The number of rotatable bonds is 6. The summed E-state index contributed by atoms with van der Waals surface area (Å²) in [5.41, 5.74) is 2.79. The molecule has 1 atom stereocenters. The number of urea groups is 1. The van der Waals surface area contributed by atoms with Crippen LogP contribution in [-0.2, 0) is 11.4 Å². The molecule has 0 fully saturated rings. The Bertz CT molecular complexity index is 853. The lowest BCUT2D eigenvalue weighted by Crippen LogP contribution is -2.45. The number of carbonyl (C=O) groups excluding carboxylic acids is 1. The predicted octanol–water partition coefficient (Wildman–Crippen LogP) is 5.11. The maximum absolute atomic E-state index is 12.7. The molecule has 2 amide bonds. The van der Waals surface area contributed by atoms with E-state index >= 15 is 0 Å². The van der Waals surface area contributed by atoms with E-state index in [1.54, 1.807) is 4.90 Å². The number of nitrogens with one attached hydrogen (secondary N) is 1. The fourth-order valence-corrected chi connectivity index (χ4v) is 3.34. The van der Waals surface area contributed by atoms with Gasteiger partial charge in [-0.05, 0) is 49.2 Å². The van der Waals surface area contributed by atoms with Crippen molar-refractivity contribution < 1.29 is 9.63 Å². The van der Waals surface area contributed by atoms with E-state index in [1.165, 1.54) is 0 Å². The Hall–Kier alpha value is -2.24. The van der Waals surface area contributed by atoms with Gasteiger partial charge in [0, 0.05) is 29.1 Å². The first-order chi connectivity index (χ1) is 13.4. The summed E-state index contributed by atoms with van der Waals surface area (Å²) in [6.07, 6.45) is 0.422. The number of halogens is 2. The number of amides is 2. The highest BCUT2D eigenvalue weighted by Gasteiger charge is 2.27. The summed E-state index contributed by atoms with van der Waals surface area (Å²) in [6, 6.07) is 14.9. The maximum Gasteiger partial charge on any atom is 0.318 e. The van der Waals surface area contributed by atoms with E-state index in [0.29, 0.717) is 29.6 Å². The molecule has 2 aromatic carbocycles. The molecule has 1 aliphatic rings. The second-order valence-corrected chi connectivity index (χ2v) is 7.96. The van der Waals surface area contributed by atoms with E-state index in [2.05, 4.69) is 10.5 Å². The molecule has 7 heteroatoms. The Kier molecular flexibility index (Phi) is 6.81. The van der Waals surface area contributed by atoms with E-state index < -0.39 is 0 Å². The molecule has 0 saturated heterocycles. The normalized spacial score (nSPS) is 15.9. The number of carbonyl (C=O) groups is 1. The molecule has 148 valence electrons. The van der Waals surface area contributed by atoms with Crippen LogP contribution in [0.3, 0.4) is 0 Å². The van der Waals surface area contributed by atoms with Crippen LogP contribution in [-0.4, -0.2) is 35.3 Å². The van der Waals surface area contributed by atoms with Gasteiger partial charge in [-0.3, -0.25) is 0 Å². The SMILES string of the molecule is CC(C)NC(=O)N(Cc1cccc(Cl)c1)C[C@@H]1CC(c2ccc(Cl)cc2)=NO1. The van der Waals surface area contributed by atoms with Gasteiger partial charge in [0.2, 0.25) is 0 Å². The lowest BCUT2D eigenvalue weighted by Gasteiger charge is -2.26. The molecule has 1 N–H and O–H groups in total. The van der Waals surface area contributed by atoms with Crippen molar-refractivity contribution in [1.82, 2.24) is 10.2 Å². The summed E-state index contributed by atoms with van der Waals surface area (Å²) < 4.78 is 0. The van der Waals surface area contributed by atoms with Crippen molar-refractivity contribution in [1.29, 1.82) is 0 Å². The Labute approximate surface area is 175 Å². The molecule has 3 rings (SSSR count). The summed E-state index contributed by atoms with van der Waals surface area (Å²) >= 11 is 12.0. The summed E-state index contributed by atoms with van der Waals surface area (Å²) in [5, 5.41) is 8.48. The van der Waals surface area contributed by atoms with E-state index in [4.69, 9.17) is 28.0 Å². The Morgan fingerprint density at radius 3 is 2.64 bits per heavy atom. The second-order valence-electron chi connectivity index (χ2n) is 7.09. The summed E-state index contributed by atoms with van der Waals surface area (Å²) in [5.74, 6) is 0. The maximum atomic E-state index is 12.7. The van der Waals surface area contributed by atoms with E-state index in [9.17, 15) is 4.79 Å². The van der Waals surface area contributed by atoms with Crippen molar-refractivity contribution in [2.24, 2.45) is 5.16 Å². The van der Waals surface area contributed by atoms with Gasteiger partial charge in [-0.2, -0.15) is 0 Å². The van der Waals surface area contributed by atoms with Crippen LogP contribution in [0.4, 0.5) is 4.79 Å². The fourth-order valence-electron chi connectivity index (χ4n) is 3.00. The van der Waals surface area contributed by atoms with Gasteiger partial charge in [-0.1, -0.05) is 52.6 Å². The highest BCUT2D eigenvalue weighted by Crippen LogP contribution is 2.21. The zero-order valence-electron chi connectivity index (χ0n) is 15.9. The lowest BCUT2D eigenvalue weighted by molar-refractivity contribution is 0.0586. The summed E-state index contributed by atoms with van der Waals surface area (Å²) in [4.78, 5) is 20.0. The van der Waals surface area contributed by atoms with Crippen LogP contribution < -0.4 is 5.32 Å². The number of oxime groups is 1. The zero-order chi connectivity index (χ0) is 20.1. The molecule has 2 aromatic rings. The molecule has 0 spiro atoms. The molecule has 0 aromatic heterocycles. The molecule has 0 saturated carbocycles. The van der Waals surface area contributed by atoms with Gasteiger partial charge in [0.1, 0.15) is 0 Å². The largest absolute Gasteiger partial charge is 0.390 e. The quantitative estimate of drug-likeness (QED) is 0.707. The van der Waals surface area contributed by atoms with Gasteiger partial charge in [-0.15, -0.1) is 0 Å². The third-order valence-corrected chi connectivity index (χ3v) is 4.78. The first kappa shape index (κ1) is 20.5. The molecule has 5 nitrogen and oxygen atoms in total. The van der Waals surface area contributed by atoms with Crippen LogP contribution in [0.5, 0.6) is 0 Å². The molecule has 0 unspecified atom stereocenters. The zero-order valence-corrected chi connectivity index (χ0v) is 17.4. The van der Waals surface area contributed by atoms with Gasteiger partial charge < -0.3 is 15.1 Å². The molecule has 0 radical (unpaired) electrons. The third kappa shape index (κ3) is 5.63. The van der Waals surface area contributed by atoms with Gasteiger partial charge in [0.05, 0.1) is 12.3 Å². The summed E-state index contributed by atoms with van der Waals surface area (Å²) in [6.45, 7) is 4.73. The van der Waals surface area contributed by atoms with Crippen molar-refractivity contribution >= 4 is 34.9 Å². The number of hydrogen-bond donors (Lipinski definition) is 1. The van der Waals surface area contributed by atoms with Crippen molar-refractivity contribution in [3.05, 3.63) is 69.7 Å². The average Bonchev–Trinajstić information content (AvgIpc) is 3.10. The van der Waals surface area contributed by atoms with Gasteiger partial charge in [0.15, 0.2) is 6.10 Å². The Morgan fingerprint density at radius 1 is 1.21 bits per heavy atom. The molecule has 1 heterocycles. The molecule has 0 aliphatic carbocycles. The minimum absolute atomic E-state index is 0.0414. The number of nitrogens with zero attached hydrogens (tertiary/aromatic N) is 2.